The average Bonchev–Trinajstić information content (AvgIpc) is 3.03. The molecule has 0 bridgehead atoms. The molecule has 110 valence electrons. The molecule has 2 aliphatic heterocycles. The molecule has 19 heavy (non-hydrogen) atoms. The summed E-state index contributed by atoms with van der Waals surface area (Å²) in [5.41, 5.74) is 6.45. The molecule has 3 unspecified atom stereocenters. The Morgan fingerprint density at radius 1 is 1.32 bits per heavy atom. The van der Waals surface area contributed by atoms with Gasteiger partial charge < -0.3 is 10.5 Å². The Labute approximate surface area is 117 Å². The molecule has 1 aliphatic carbocycles. The van der Waals surface area contributed by atoms with Gasteiger partial charge in [0.15, 0.2) is 0 Å². The number of nitrogens with two attached hydrogens (primary N) is 1. The van der Waals surface area contributed by atoms with Gasteiger partial charge in [-0.3, -0.25) is 9.80 Å². The number of hydrogen-bond acceptors (Lipinski definition) is 4. The maximum Gasteiger partial charge on any atom is 0.0503 e. The third kappa shape index (κ3) is 2.56. The topological polar surface area (TPSA) is 41.7 Å². The summed E-state index contributed by atoms with van der Waals surface area (Å²) < 4.78 is 5.33. The van der Waals surface area contributed by atoms with Gasteiger partial charge in [-0.25, -0.2) is 0 Å². The maximum absolute atomic E-state index is 6.21. The lowest BCUT2D eigenvalue weighted by Crippen LogP contribution is -2.55. The van der Waals surface area contributed by atoms with Crippen LogP contribution < -0.4 is 5.73 Å². The van der Waals surface area contributed by atoms with E-state index in [0.717, 1.165) is 19.2 Å². The normalized spacial score (nSPS) is 41.2. The van der Waals surface area contributed by atoms with Gasteiger partial charge in [0.25, 0.3) is 0 Å². The first-order valence-corrected chi connectivity index (χ1v) is 7.88. The molecule has 0 aromatic carbocycles. The second-order valence-electron chi connectivity index (χ2n) is 6.94. The summed E-state index contributed by atoms with van der Waals surface area (Å²) in [6.45, 7) is 7.67. The van der Waals surface area contributed by atoms with E-state index in [1.807, 2.05) is 7.11 Å². The highest BCUT2D eigenvalue weighted by molar-refractivity contribution is 5.08. The van der Waals surface area contributed by atoms with E-state index in [-0.39, 0.29) is 5.54 Å². The minimum Gasteiger partial charge on any atom is -0.384 e. The van der Waals surface area contributed by atoms with Crippen molar-refractivity contribution < 1.29 is 4.74 Å². The van der Waals surface area contributed by atoms with Crippen molar-refractivity contribution in [1.82, 2.24) is 9.80 Å². The Bertz CT molecular complexity index is 321. The van der Waals surface area contributed by atoms with Gasteiger partial charge in [-0.1, -0.05) is 0 Å². The number of methoxy groups -OCH3 is 1. The van der Waals surface area contributed by atoms with Crippen molar-refractivity contribution in [2.45, 2.75) is 50.2 Å². The van der Waals surface area contributed by atoms with Crippen molar-refractivity contribution in [3.63, 3.8) is 0 Å². The van der Waals surface area contributed by atoms with Crippen LogP contribution in [0.25, 0.3) is 0 Å². The molecular weight excluding hydrogens is 238 g/mol. The average molecular weight is 267 g/mol. The SMILES string of the molecule is COCC1CCN(C2(CN)CC(C)N(C3CC3)C2)C1. The molecule has 2 heterocycles. The van der Waals surface area contributed by atoms with Gasteiger partial charge in [0, 0.05) is 44.4 Å². The number of likely N-dealkylation sites (tertiary alicyclic amines) is 2. The predicted octanol–water partition coefficient (Wildman–Crippen LogP) is 0.909. The molecule has 0 aromatic rings. The molecule has 3 atom stereocenters. The Balaban J connectivity index is 1.67. The highest BCUT2D eigenvalue weighted by atomic mass is 16.5. The number of rotatable bonds is 5. The molecule has 0 spiro atoms. The lowest BCUT2D eigenvalue weighted by Gasteiger charge is -2.38. The van der Waals surface area contributed by atoms with Crippen LogP contribution in [0.2, 0.25) is 0 Å². The van der Waals surface area contributed by atoms with Crippen LogP contribution in [0.3, 0.4) is 0 Å². The molecule has 1 saturated carbocycles. The van der Waals surface area contributed by atoms with Gasteiger partial charge in [0.1, 0.15) is 0 Å². The van der Waals surface area contributed by atoms with Crippen LogP contribution >= 0.6 is 0 Å². The highest BCUT2D eigenvalue weighted by Gasteiger charge is 2.50. The molecule has 4 heteroatoms. The van der Waals surface area contributed by atoms with E-state index in [1.165, 1.54) is 45.3 Å². The number of nitrogens with zero attached hydrogens (tertiary/aromatic N) is 2. The molecule has 0 aromatic heterocycles. The third-order valence-corrected chi connectivity index (χ3v) is 5.47. The van der Waals surface area contributed by atoms with Crippen molar-refractivity contribution in [3.05, 3.63) is 0 Å². The quantitative estimate of drug-likeness (QED) is 0.804. The van der Waals surface area contributed by atoms with Crippen LogP contribution in [0.5, 0.6) is 0 Å². The first kappa shape index (κ1) is 13.8. The number of ether oxygens (including phenoxy) is 1. The lowest BCUT2D eigenvalue weighted by molar-refractivity contribution is 0.106. The first-order chi connectivity index (χ1) is 9.18. The van der Waals surface area contributed by atoms with Crippen molar-refractivity contribution >= 4 is 0 Å². The highest BCUT2D eigenvalue weighted by Crippen LogP contribution is 2.41. The summed E-state index contributed by atoms with van der Waals surface area (Å²) in [4.78, 5) is 5.39. The molecule has 4 nitrogen and oxygen atoms in total. The van der Waals surface area contributed by atoms with Crippen LogP contribution in [0.1, 0.15) is 32.6 Å². The van der Waals surface area contributed by atoms with Crippen LogP contribution in [0.4, 0.5) is 0 Å². The van der Waals surface area contributed by atoms with E-state index in [2.05, 4.69) is 16.7 Å². The van der Waals surface area contributed by atoms with Crippen molar-refractivity contribution in [3.8, 4) is 0 Å². The monoisotopic (exact) mass is 267 g/mol. The van der Waals surface area contributed by atoms with Gasteiger partial charge in [0.2, 0.25) is 0 Å². The fourth-order valence-electron chi connectivity index (χ4n) is 4.26. The standard InChI is InChI=1S/C15H29N3O/c1-12-7-15(10-16,11-18(12)14-3-4-14)17-6-5-13(8-17)9-19-2/h12-14H,3-11,16H2,1-2H3. The van der Waals surface area contributed by atoms with E-state index >= 15 is 0 Å². The summed E-state index contributed by atoms with van der Waals surface area (Å²) in [5, 5.41) is 0. The van der Waals surface area contributed by atoms with E-state index in [0.29, 0.717) is 12.0 Å². The molecule has 3 fully saturated rings. The zero-order chi connectivity index (χ0) is 13.5. The van der Waals surface area contributed by atoms with Crippen molar-refractivity contribution in [2.75, 3.05) is 39.9 Å². The first-order valence-electron chi connectivity index (χ1n) is 7.88. The minimum atomic E-state index is 0.241. The predicted molar refractivity (Wildman–Crippen MR) is 77.1 cm³/mol. The van der Waals surface area contributed by atoms with Crippen LogP contribution in [-0.2, 0) is 4.74 Å². The minimum absolute atomic E-state index is 0.241. The fourth-order valence-corrected chi connectivity index (χ4v) is 4.26. The summed E-state index contributed by atoms with van der Waals surface area (Å²) in [7, 11) is 1.81. The van der Waals surface area contributed by atoms with Crippen molar-refractivity contribution in [1.29, 1.82) is 0 Å². The van der Waals surface area contributed by atoms with E-state index in [1.54, 1.807) is 0 Å². The van der Waals surface area contributed by atoms with Gasteiger partial charge in [-0.2, -0.15) is 0 Å². The smallest absolute Gasteiger partial charge is 0.0503 e. The summed E-state index contributed by atoms with van der Waals surface area (Å²) >= 11 is 0. The van der Waals surface area contributed by atoms with Crippen molar-refractivity contribution in [2.24, 2.45) is 11.7 Å². The van der Waals surface area contributed by atoms with Gasteiger partial charge >= 0.3 is 0 Å². The van der Waals surface area contributed by atoms with Crippen LogP contribution in [0, 0.1) is 5.92 Å². The maximum atomic E-state index is 6.21. The third-order valence-electron chi connectivity index (χ3n) is 5.47. The molecule has 3 aliphatic rings. The van der Waals surface area contributed by atoms with Crippen LogP contribution in [-0.4, -0.2) is 67.3 Å². The Hall–Kier alpha value is -0.160. The summed E-state index contributed by atoms with van der Waals surface area (Å²) in [6, 6.07) is 1.57. The Morgan fingerprint density at radius 2 is 2.11 bits per heavy atom. The molecule has 2 saturated heterocycles. The molecule has 2 N–H and O–H groups in total. The Kier molecular flexibility index (Phi) is 3.87. The second kappa shape index (κ2) is 5.32. The zero-order valence-corrected chi connectivity index (χ0v) is 12.5. The van der Waals surface area contributed by atoms with E-state index < -0.39 is 0 Å². The Morgan fingerprint density at radius 3 is 2.74 bits per heavy atom. The van der Waals surface area contributed by atoms with Gasteiger partial charge in [0.05, 0.1) is 6.61 Å². The van der Waals surface area contributed by atoms with Gasteiger partial charge in [-0.05, 0) is 45.1 Å². The number of hydrogen-bond donors (Lipinski definition) is 1. The molecule has 0 amide bonds. The summed E-state index contributed by atoms with van der Waals surface area (Å²) in [6.07, 6.45) is 5.32. The molecule has 3 rings (SSSR count). The van der Waals surface area contributed by atoms with Gasteiger partial charge in [-0.15, -0.1) is 0 Å². The van der Waals surface area contributed by atoms with E-state index in [4.69, 9.17) is 10.5 Å². The second-order valence-corrected chi connectivity index (χ2v) is 6.94. The largest absolute Gasteiger partial charge is 0.384 e. The molecule has 0 radical (unpaired) electrons. The summed E-state index contributed by atoms with van der Waals surface area (Å²) in [5.74, 6) is 0.707. The van der Waals surface area contributed by atoms with E-state index in [9.17, 15) is 0 Å². The lowest BCUT2D eigenvalue weighted by atomic mass is 9.94. The van der Waals surface area contributed by atoms with Crippen LogP contribution in [0.15, 0.2) is 0 Å². The fraction of sp³-hybridized carbons (Fsp3) is 1.00. The zero-order valence-electron chi connectivity index (χ0n) is 12.5. The molecular formula is C15H29N3O.